The molecule has 0 fully saturated rings. The minimum absolute atomic E-state index is 0.193. The Morgan fingerprint density at radius 3 is 2.83 bits per heavy atom. The Morgan fingerprint density at radius 2 is 2.33 bits per heavy atom. The van der Waals surface area contributed by atoms with Crippen molar-refractivity contribution in [3.8, 4) is 12.1 Å². The minimum Gasteiger partial charge on any atom is -0.466 e. The maximum absolute atomic E-state index is 8.45. The molecule has 1 aromatic rings. The molecule has 0 aliphatic rings. The number of hydrogen-bond donors (Lipinski definition) is 1. The van der Waals surface area contributed by atoms with E-state index in [1.165, 1.54) is 6.26 Å². The molecule has 0 bridgehead atoms. The highest BCUT2D eigenvalue weighted by atomic mass is 16.3. The van der Waals surface area contributed by atoms with E-state index in [0.29, 0.717) is 11.3 Å². The number of hydrogen-bond acceptors (Lipinski definition) is 4. The highest BCUT2D eigenvalue weighted by Crippen LogP contribution is 2.15. The van der Waals surface area contributed by atoms with Gasteiger partial charge in [0.15, 0.2) is 0 Å². The van der Waals surface area contributed by atoms with Gasteiger partial charge in [0.25, 0.3) is 0 Å². The average Bonchev–Trinajstić information content (AvgIpc) is 2.52. The van der Waals surface area contributed by atoms with Gasteiger partial charge in [0.1, 0.15) is 18.1 Å². The molecule has 0 saturated carbocycles. The van der Waals surface area contributed by atoms with Crippen LogP contribution in [-0.4, -0.2) is 0 Å². The predicted octanol–water partition coefficient (Wildman–Crippen LogP) is 1.06. The quantitative estimate of drug-likeness (QED) is 0.702. The topological polar surface area (TPSA) is 86.7 Å². The highest BCUT2D eigenvalue weighted by molar-refractivity contribution is 5.27. The lowest BCUT2D eigenvalue weighted by Crippen LogP contribution is -2.07. The van der Waals surface area contributed by atoms with E-state index in [0.717, 1.165) is 0 Å². The van der Waals surface area contributed by atoms with Crippen molar-refractivity contribution >= 4 is 0 Å². The van der Waals surface area contributed by atoms with Gasteiger partial charge in [-0.3, -0.25) is 0 Å². The van der Waals surface area contributed by atoms with Crippen LogP contribution in [0.2, 0.25) is 0 Å². The maximum atomic E-state index is 8.45. The fraction of sp³-hybridized carbons (Fsp3) is 0.250. The molecule has 4 nitrogen and oxygen atoms in total. The maximum Gasteiger partial charge on any atom is 0.122 e. The molecule has 0 amide bonds. The summed E-state index contributed by atoms with van der Waals surface area (Å²) in [5, 5.41) is 16.8. The van der Waals surface area contributed by atoms with Gasteiger partial charge < -0.3 is 10.2 Å². The summed E-state index contributed by atoms with van der Waals surface area (Å²) < 4.78 is 4.97. The van der Waals surface area contributed by atoms with E-state index in [9.17, 15) is 0 Å². The van der Waals surface area contributed by atoms with E-state index in [-0.39, 0.29) is 6.42 Å². The molecule has 0 spiro atoms. The number of rotatable bonds is 2. The second-order valence-corrected chi connectivity index (χ2v) is 2.32. The third-order valence-corrected chi connectivity index (χ3v) is 1.43. The number of furan rings is 1. The van der Waals surface area contributed by atoms with Gasteiger partial charge in [-0.15, -0.1) is 0 Å². The number of nitrogens with zero attached hydrogens (tertiary/aromatic N) is 2. The van der Waals surface area contributed by atoms with Crippen LogP contribution in [0.15, 0.2) is 16.7 Å². The van der Waals surface area contributed by atoms with Crippen molar-refractivity contribution in [1.29, 1.82) is 10.5 Å². The van der Waals surface area contributed by atoms with Gasteiger partial charge in [0.2, 0.25) is 0 Å². The van der Waals surface area contributed by atoms with Crippen LogP contribution in [-0.2, 0) is 0 Å². The average molecular weight is 161 g/mol. The van der Waals surface area contributed by atoms with Gasteiger partial charge in [-0.2, -0.15) is 10.5 Å². The van der Waals surface area contributed by atoms with E-state index >= 15 is 0 Å². The molecule has 0 aliphatic heterocycles. The van der Waals surface area contributed by atoms with Crippen molar-refractivity contribution in [2.24, 2.45) is 5.73 Å². The molecule has 1 rings (SSSR count). The predicted molar refractivity (Wildman–Crippen MR) is 40.6 cm³/mol. The van der Waals surface area contributed by atoms with E-state index in [2.05, 4.69) is 0 Å². The SMILES string of the molecule is N#CCC(N)c1cc(C#N)co1. The third kappa shape index (κ3) is 1.63. The molecule has 12 heavy (non-hydrogen) atoms. The molecule has 0 saturated heterocycles. The first-order valence-corrected chi connectivity index (χ1v) is 3.39. The van der Waals surface area contributed by atoms with Crippen molar-refractivity contribution in [2.75, 3.05) is 0 Å². The van der Waals surface area contributed by atoms with Crippen LogP contribution in [0.1, 0.15) is 23.8 Å². The molecule has 4 heteroatoms. The summed E-state index contributed by atoms with van der Waals surface area (Å²) in [6, 6.07) is 4.95. The smallest absolute Gasteiger partial charge is 0.122 e. The fourth-order valence-electron chi connectivity index (χ4n) is 0.805. The second-order valence-electron chi connectivity index (χ2n) is 2.32. The van der Waals surface area contributed by atoms with Crippen molar-refractivity contribution in [2.45, 2.75) is 12.5 Å². The molecular formula is C8H7N3O. The Balaban J connectivity index is 2.77. The molecule has 1 heterocycles. The molecule has 0 aromatic carbocycles. The lowest BCUT2D eigenvalue weighted by molar-refractivity contribution is 0.469. The molecular weight excluding hydrogens is 154 g/mol. The summed E-state index contributed by atoms with van der Waals surface area (Å²) in [7, 11) is 0. The van der Waals surface area contributed by atoms with E-state index in [4.69, 9.17) is 20.7 Å². The van der Waals surface area contributed by atoms with Gasteiger partial charge in [0.05, 0.1) is 24.1 Å². The molecule has 1 atom stereocenters. The molecule has 0 radical (unpaired) electrons. The van der Waals surface area contributed by atoms with Gasteiger partial charge in [-0.1, -0.05) is 0 Å². The lowest BCUT2D eigenvalue weighted by Gasteiger charge is -2.00. The van der Waals surface area contributed by atoms with E-state index in [1.807, 2.05) is 12.1 Å². The Labute approximate surface area is 69.8 Å². The zero-order chi connectivity index (χ0) is 8.97. The van der Waals surface area contributed by atoms with Crippen molar-refractivity contribution in [3.05, 3.63) is 23.7 Å². The zero-order valence-corrected chi connectivity index (χ0v) is 6.32. The van der Waals surface area contributed by atoms with Crippen LogP contribution in [0.5, 0.6) is 0 Å². The number of nitrogens with two attached hydrogens (primary N) is 1. The van der Waals surface area contributed by atoms with Crippen LogP contribution >= 0.6 is 0 Å². The Bertz CT molecular complexity index is 342. The van der Waals surface area contributed by atoms with Gasteiger partial charge in [-0.05, 0) is 6.07 Å². The lowest BCUT2D eigenvalue weighted by atomic mass is 10.2. The van der Waals surface area contributed by atoms with Crippen LogP contribution in [0.4, 0.5) is 0 Å². The summed E-state index contributed by atoms with van der Waals surface area (Å²) in [6.45, 7) is 0. The first-order valence-electron chi connectivity index (χ1n) is 3.39. The van der Waals surface area contributed by atoms with Crippen molar-refractivity contribution in [1.82, 2.24) is 0 Å². The summed E-state index contributed by atoms with van der Waals surface area (Å²) in [6.07, 6.45) is 1.52. The second kappa shape index (κ2) is 3.56. The van der Waals surface area contributed by atoms with Crippen molar-refractivity contribution < 1.29 is 4.42 Å². The van der Waals surface area contributed by atoms with E-state index < -0.39 is 6.04 Å². The van der Waals surface area contributed by atoms with Gasteiger partial charge in [-0.25, -0.2) is 0 Å². The van der Waals surface area contributed by atoms with Crippen LogP contribution in [0.3, 0.4) is 0 Å². The third-order valence-electron chi connectivity index (χ3n) is 1.43. The fourth-order valence-corrected chi connectivity index (χ4v) is 0.805. The standard InChI is InChI=1S/C8H7N3O/c9-2-1-7(11)8-3-6(4-10)5-12-8/h3,5,7H,1,11H2. The first kappa shape index (κ1) is 8.32. The molecule has 0 aliphatic carbocycles. The Morgan fingerprint density at radius 1 is 1.58 bits per heavy atom. The monoisotopic (exact) mass is 161 g/mol. The van der Waals surface area contributed by atoms with Crippen LogP contribution in [0, 0.1) is 22.7 Å². The van der Waals surface area contributed by atoms with Crippen LogP contribution in [0.25, 0.3) is 0 Å². The first-order chi connectivity index (χ1) is 5.77. The van der Waals surface area contributed by atoms with Gasteiger partial charge >= 0.3 is 0 Å². The normalized spacial score (nSPS) is 11.6. The molecule has 1 unspecified atom stereocenters. The summed E-state index contributed by atoms with van der Waals surface area (Å²) >= 11 is 0. The van der Waals surface area contributed by atoms with Gasteiger partial charge in [0, 0.05) is 0 Å². The zero-order valence-electron chi connectivity index (χ0n) is 6.32. The van der Waals surface area contributed by atoms with Crippen LogP contribution < -0.4 is 5.73 Å². The molecule has 60 valence electrons. The summed E-state index contributed by atoms with van der Waals surface area (Å²) in [5.74, 6) is 0.480. The van der Waals surface area contributed by atoms with E-state index in [1.54, 1.807) is 6.07 Å². The molecule has 2 N–H and O–H groups in total. The summed E-state index contributed by atoms with van der Waals surface area (Å²) in [5.41, 5.74) is 5.98. The highest BCUT2D eigenvalue weighted by Gasteiger charge is 2.09. The number of nitriles is 2. The minimum atomic E-state index is -0.433. The largest absolute Gasteiger partial charge is 0.466 e. The van der Waals surface area contributed by atoms with Crippen molar-refractivity contribution in [3.63, 3.8) is 0 Å². The summed E-state index contributed by atoms with van der Waals surface area (Å²) in [4.78, 5) is 0. The Hall–Kier alpha value is -1.78. The Kier molecular flexibility index (Phi) is 2.47. The molecule has 1 aromatic heterocycles.